The molecule has 3 nitrogen and oxygen atoms in total. The molecule has 1 fully saturated rings. The second-order valence-corrected chi connectivity index (χ2v) is 6.40. The topological polar surface area (TPSA) is 31.2 Å². The Kier molecular flexibility index (Phi) is 4.92. The van der Waals surface area contributed by atoms with E-state index in [1.807, 2.05) is 13.0 Å². The molecular weight excluding hydrogens is 274 g/mol. The normalized spacial score (nSPS) is 24.1. The van der Waals surface area contributed by atoms with Gasteiger partial charge < -0.3 is 9.30 Å². The van der Waals surface area contributed by atoms with Crippen molar-refractivity contribution in [1.29, 1.82) is 0 Å². The second-order valence-electron chi connectivity index (χ2n) is 5.74. The number of rotatable bonds is 5. The van der Waals surface area contributed by atoms with Crippen molar-refractivity contribution in [2.75, 3.05) is 6.61 Å². The SMILES string of the molecule is CCC1OCCC1Cn1c(C)cc(C(=O)C(C)Cl)c1C. The molecule has 112 valence electrons. The van der Waals surface area contributed by atoms with Gasteiger partial charge in [-0.05, 0) is 39.7 Å². The summed E-state index contributed by atoms with van der Waals surface area (Å²) in [5.41, 5.74) is 2.92. The van der Waals surface area contributed by atoms with E-state index in [9.17, 15) is 4.79 Å². The number of halogens is 1. The summed E-state index contributed by atoms with van der Waals surface area (Å²) in [5, 5.41) is -0.470. The molecule has 1 aromatic heterocycles. The fraction of sp³-hybridized carbons (Fsp3) is 0.688. The van der Waals surface area contributed by atoms with Crippen LogP contribution in [-0.4, -0.2) is 28.4 Å². The molecule has 1 aliphatic heterocycles. The van der Waals surface area contributed by atoms with Crippen molar-refractivity contribution in [3.05, 3.63) is 23.0 Å². The highest BCUT2D eigenvalue weighted by Crippen LogP contribution is 2.27. The predicted octanol–water partition coefficient (Wildman–Crippen LogP) is 3.73. The Balaban J connectivity index is 2.22. The molecule has 1 saturated heterocycles. The molecule has 1 aliphatic rings. The van der Waals surface area contributed by atoms with Gasteiger partial charge in [0.05, 0.1) is 11.5 Å². The number of carbonyl (C=O) groups is 1. The van der Waals surface area contributed by atoms with Crippen LogP contribution in [0.15, 0.2) is 6.07 Å². The summed E-state index contributed by atoms with van der Waals surface area (Å²) in [6, 6.07) is 1.97. The van der Waals surface area contributed by atoms with Crippen LogP contribution < -0.4 is 0 Å². The maximum atomic E-state index is 12.1. The molecule has 3 atom stereocenters. The second kappa shape index (κ2) is 6.31. The average Bonchev–Trinajstić information content (AvgIpc) is 2.97. The Morgan fingerprint density at radius 1 is 1.55 bits per heavy atom. The number of ether oxygens (including phenoxy) is 1. The van der Waals surface area contributed by atoms with Crippen molar-refractivity contribution >= 4 is 17.4 Å². The van der Waals surface area contributed by atoms with Crippen molar-refractivity contribution in [2.45, 2.75) is 58.6 Å². The minimum atomic E-state index is -0.470. The standard InChI is InChI=1S/C16H24ClNO2/c1-5-15-13(6-7-20-15)9-18-10(2)8-14(12(18)4)16(19)11(3)17/h8,11,13,15H,5-7,9H2,1-4H3. The summed E-state index contributed by atoms with van der Waals surface area (Å²) < 4.78 is 8.00. The third-order valence-electron chi connectivity index (χ3n) is 4.37. The minimum Gasteiger partial charge on any atom is -0.378 e. The van der Waals surface area contributed by atoms with Crippen LogP contribution in [0.5, 0.6) is 0 Å². The van der Waals surface area contributed by atoms with E-state index >= 15 is 0 Å². The van der Waals surface area contributed by atoms with Crippen LogP contribution in [0.2, 0.25) is 0 Å². The lowest BCUT2D eigenvalue weighted by Crippen LogP contribution is -2.21. The molecule has 0 aliphatic carbocycles. The Morgan fingerprint density at radius 3 is 2.85 bits per heavy atom. The van der Waals surface area contributed by atoms with Gasteiger partial charge in [-0.1, -0.05) is 6.92 Å². The molecule has 0 spiro atoms. The van der Waals surface area contributed by atoms with Crippen LogP contribution >= 0.6 is 11.6 Å². The zero-order valence-electron chi connectivity index (χ0n) is 12.8. The lowest BCUT2D eigenvalue weighted by Gasteiger charge is -2.20. The monoisotopic (exact) mass is 297 g/mol. The predicted molar refractivity (Wildman–Crippen MR) is 81.7 cm³/mol. The molecule has 0 amide bonds. The highest BCUT2D eigenvalue weighted by Gasteiger charge is 2.28. The molecule has 2 rings (SSSR count). The average molecular weight is 298 g/mol. The highest BCUT2D eigenvalue weighted by molar-refractivity contribution is 6.33. The van der Waals surface area contributed by atoms with E-state index in [0.717, 1.165) is 42.9 Å². The van der Waals surface area contributed by atoms with Gasteiger partial charge in [0.2, 0.25) is 0 Å². The Morgan fingerprint density at radius 2 is 2.25 bits per heavy atom. The van der Waals surface area contributed by atoms with Crippen molar-refractivity contribution < 1.29 is 9.53 Å². The molecule has 3 unspecified atom stereocenters. The lowest BCUT2D eigenvalue weighted by molar-refractivity contribution is 0.0832. The molecule has 0 bridgehead atoms. The summed E-state index contributed by atoms with van der Waals surface area (Å²) in [4.78, 5) is 12.1. The van der Waals surface area contributed by atoms with Crippen LogP contribution in [0.4, 0.5) is 0 Å². The number of ketones is 1. The van der Waals surface area contributed by atoms with Gasteiger partial charge in [-0.3, -0.25) is 4.79 Å². The van der Waals surface area contributed by atoms with E-state index in [4.69, 9.17) is 16.3 Å². The molecule has 0 aromatic carbocycles. The van der Waals surface area contributed by atoms with Crippen LogP contribution in [0, 0.1) is 19.8 Å². The number of carbonyl (C=O) groups excluding carboxylic acids is 1. The third kappa shape index (κ3) is 2.94. The van der Waals surface area contributed by atoms with Crippen LogP contribution in [0.3, 0.4) is 0 Å². The highest BCUT2D eigenvalue weighted by atomic mass is 35.5. The molecule has 0 N–H and O–H groups in total. The molecule has 1 aromatic rings. The molecule has 4 heteroatoms. The van der Waals surface area contributed by atoms with E-state index in [2.05, 4.69) is 18.4 Å². The number of aryl methyl sites for hydroxylation is 1. The summed E-state index contributed by atoms with van der Waals surface area (Å²) in [7, 11) is 0. The van der Waals surface area contributed by atoms with E-state index in [0.29, 0.717) is 12.0 Å². The van der Waals surface area contributed by atoms with Crippen molar-refractivity contribution in [3.8, 4) is 0 Å². The van der Waals surface area contributed by atoms with Crippen LogP contribution in [0.25, 0.3) is 0 Å². The van der Waals surface area contributed by atoms with Gasteiger partial charge in [-0.25, -0.2) is 0 Å². The zero-order valence-corrected chi connectivity index (χ0v) is 13.5. The van der Waals surface area contributed by atoms with Gasteiger partial charge in [0, 0.05) is 36.0 Å². The van der Waals surface area contributed by atoms with Gasteiger partial charge in [-0.2, -0.15) is 0 Å². The number of nitrogens with zero attached hydrogens (tertiary/aromatic N) is 1. The molecular formula is C16H24ClNO2. The summed E-state index contributed by atoms with van der Waals surface area (Å²) >= 11 is 5.93. The van der Waals surface area contributed by atoms with Gasteiger partial charge >= 0.3 is 0 Å². The first kappa shape index (κ1) is 15.6. The van der Waals surface area contributed by atoms with Crippen molar-refractivity contribution in [3.63, 3.8) is 0 Å². The van der Waals surface area contributed by atoms with Gasteiger partial charge in [0.15, 0.2) is 5.78 Å². The summed E-state index contributed by atoms with van der Waals surface area (Å²) in [5.74, 6) is 0.557. The Hall–Kier alpha value is -0.800. The quantitative estimate of drug-likeness (QED) is 0.612. The zero-order chi connectivity index (χ0) is 14.9. The molecule has 0 radical (unpaired) electrons. The first-order valence-electron chi connectivity index (χ1n) is 7.42. The Labute approximate surface area is 126 Å². The Bertz CT molecular complexity index is 493. The lowest BCUT2D eigenvalue weighted by atomic mass is 9.99. The van der Waals surface area contributed by atoms with Gasteiger partial charge in [-0.15, -0.1) is 11.6 Å². The number of alkyl halides is 1. The number of hydrogen-bond donors (Lipinski definition) is 0. The van der Waals surface area contributed by atoms with E-state index in [-0.39, 0.29) is 5.78 Å². The number of hydrogen-bond acceptors (Lipinski definition) is 2. The maximum absolute atomic E-state index is 12.1. The van der Waals surface area contributed by atoms with Crippen LogP contribution in [-0.2, 0) is 11.3 Å². The van der Waals surface area contributed by atoms with E-state index < -0.39 is 5.38 Å². The number of Topliss-reactive ketones (excluding diaryl/α,β-unsaturated/α-hetero) is 1. The summed E-state index contributed by atoms with van der Waals surface area (Å²) in [6.07, 6.45) is 2.50. The first-order valence-corrected chi connectivity index (χ1v) is 7.86. The van der Waals surface area contributed by atoms with Gasteiger partial charge in [0.1, 0.15) is 0 Å². The fourth-order valence-electron chi connectivity index (χ4n) is 3.13. The number of aromatic nitrogens is 1. The van der Waals surface area contributed by atoms with Crippen molar-refractivity contribution in [1.82, 2.24) is 4.57 Å². The minimum absolute atomic E-state index is 0.0146. The maximum Gasteiger partial charge on any atom is 0.182 e. The fourth-order valence-corrected chi connectivity index (χ4v) is 3.25. The van der Waals surface area contributed by atoms with E-state index in [1.165, 1.54) is 0 Å². The molecule has 0 saturated carbocycles. The molecule has 20 heavy (non-hydrogen) atoms. The third-order valence-corrected chi connectivity index (χ3v) is 4.56. The largest absolute Gasteiger partial charge is 0.378 e. The first-order chi connectivity index (χ1) is 9.45. The molecule has 2 heterocycles. The summed E-state index contributed by atoms with van der Waals surface area (Å²) in [6.45, 7) is 9.75. The van der Waals surface area contributed by atoms with Gasteiger partial charge in [0.25, 0.3) is 0 Å². The smallest absolute Gasteiger partial charge is 0.182 e. The van der Waals surface area contributed by atoms with E-state index in [1.54, 1.807) is 6.92 Å². The van der Waals surface area contributed by atoms with Crippen molar-refractivity contribution in [2.24, 2.45) is 5.92 Å². The van der Waals surface area contributed by atoms with Crippen LogP contribution in [0.1, 0.15) is 48.4 Å².